The van der Waals surface area contributed by atoms with Crippen LogP contribution in [0.3, 0.4) is 0 Å². The van der Waals surface area contributed by atoms with Crippen molar-refractivity contribution in [2.45, 2.75) is 44.6 Å². The molecule has 1 saturated heterocycles. The SMILES string of the molecule is CC(C)(C(=O)NCc1cc(Cl)c(C2CCC(=O)NC2=O)c(Cl)c1)c1ccc2nc[nH]c2c1. The van der Waals surface area contributed by atoms with Crippen LogP contribution in [0.5, 0.6) is 0 Å². The topological polar surface area (TPSA) is 104 Å². The van der Waals surface area contributed by atoms with Gasteiger partial charge in [0.25, 0.3) is 0 Å². The van der Waals surface area contributed by atoms with Crippen molar-refractivity contribution in [1.29, 1.82) is 0 Å². The summed E-state index contributed by atoms with van der Waals surface area (Å²) in [6.45, 7) is 3.93. The van der Waals surface area contributed by atoms with Crippen molar-refractivity contribution in [3.05, 3.63) is 63.4 Å². The number of carbonyl (C=O) groups is 3. The van der Waals surface area contributed by atoms with Gasteiger partial charge in [-0.15, -0.1) is 0 Å². The first-order chi connectivity index (χ1) is 15.2. The molecule has 1 atom stereocenters. The molecule has 1 aliphatic rings. The van der Waals surface area contributed by atoms with Gasteiger partial charge in [0.2, 0.25) is 17.7 Å². The summed E-state index contributed by atoms with van der Waals surface area (Å²) < 4.78 is 0. The molecule has 166 valence electrons. The third kappa shape index (κ3) is 4.23. The lowest BCUT2D eigenvalue weighted by Crippen LogP contribution is -2.40. The molecule has 0 saturated carbocycles. The predicted molar refractivity (Wildman–Crippen MR) is 123 cm³/mol. The molecule has 9 heteroatoms. The summed E-state index contributed by atoms with van der Waals surface area (Å²) in [7, 11) is 0. The van der Waals surface area contributed by atoms with Crippen molar-refractivity contribution in [1.82, 2.24) is 20.6 Å². The van der Waals surface area contributed by atoms with Crippen LogP contribution in [0.2, 0.25) is 10.0 Å². The molecule has 32 heavy (non-hydrogen) atoms. The molecular weight excluding hydrogens is 451 g/mol. The van der Waals surface area contributed by atoms with Crippen molar-refractivity contribution in [3.63, 3.8) is 0 Å². The van der Waals surface area contributed by atoms with E-state index in [1.807, 2.05) is 32.0 Å². The number of aromatic amines is 1. The number of hydrogen-bond acceptors (Lipinski definition) is 4. The van der Waals surface area contributed by atoms with E-state index >= 15 is 0 Å². The zero-order chi connectivity index (χ0) is 23.0. The average molecular weight is 473 g/mol. The van der Waals surface area contributed by atoms with E-state index in [9.17, 15) is 14.4 Å². The van der Waals surface area contributed by atoms with Crippen molar-refractivity contribution in [2.24, 2.45) is 0 Å². The number of fused-ring (bicyclic) bond motifs is 1. The van der Waals surface area contributed by atoms with Crippen LogP contribution in [-0.4, -0.2) is 27.7 Å². The molecule has 0 bridgehead atoms. The average Bonchev–Trinajstić information content (AvgIpc) is 3.21. The Morgan fingerprint density at radius 2 is 1.91 bits per heavy atom. The molecule has 0 aliphatic carbocycles. The highest BCUT2D eigenvalue weighted by molar-refractivity contribution is 6.36. The summed E-state index contributed by atoms with van der Waals surface area (Å²) >= 11 is 12.9. The minimum Gasteiger partial charge on any atom is -0.351 e. The second-order valence-corrected chi connectivity index (χ2v) is 9.23. The minimum atomic E-state index is -0.778. The van der Waals surface area contributed by atoms with E-state index in [-0.39, 0.29) is 24.8 Å². The fourth-order valence-corrected chi connectivity index (χ4v) is 4.70. The molecule has 3 N–H and O–H groups in total. The smallest absolute Gasteiger partial charge is 0.234 e. The lowest BCUT2D eigenvalue weighted by molar-refractivity contribution is -0.134. The van der Waals surface area contributed by atoms with E-state index in [0.29, 0.717) is 27.6 Å². The monoisotopic (exact) mass is 472 g/mol. The third-order valence-corrected chi connectivity index (χ3v) is 6.51. The number of imide groups is 1. The second kappa shape index (κ2) is 8.56. The standard InChI is InChI=1S/C23H22Cl2N4O3/c1-23(2,13-3-5-17-18(9-13)28-11-27-17)22(32)26-10-12-7-15(24)20(16(25)8-12)14-4-6-19(30)29-21(14)31/h3,5,7-9,11,14H,4,6,10H2,1-2H3,(H,26,32)(H,27,28)(H,29,30,31). The number of nitrogens with one attached hydrogen (secondary N) is 3. The van der Waals surface area contributed by atoms with Crippen molar-refractivity contribution in [2.75, 3.05) is 0 Å². The maximum atomic E-state index is 13.0. The molecule has 1 fully saturated rings. The Hall–Kier alpha value is -2.90. The Kier molecular flexibility index (Phi) is 5.97. The van der Waals surface area contributed by atoms with Gasteiger partial charge in [-0.2, -0.15) is 0 Å². The van der Waals surface area contributed by atoms with Gasteiger partial charge in [-0.05, 0) is 55.7 Å². The number of hydrogen-bond donors (Lipinski definition) is 3. The minimum absolute atomic E-state index is 0.155. The van der Waals surface area contributed by atoms with Gasteiger partial charge in [0.15, 0.2) is 0 Å². The quantitative estimate of drug-likeness (QED) is 0.488. The van der Waals surface area contributed by atoms with Gasteiger partial charge in [-0.1, -0.05) is 29.3 Å². The summed E-state index contributed by atoms with van der Waals surface area (Å²) in [6, 6.07) is 9.08. The number of piperidine rings is 1. The van der Waals surface area contributed by atoms with Gasteiger partial charge in [0.1, 0.15) is 0 Å². The summed E-state index contributed by atoms with van der Waals surface area (Å²) in [5, 5.41) is 5.93. The predicted octanol–water partition coefficient (Wildman–Crippen LogP) is 3.98. The molecule has 3 amide bonds. The molecule has 1 aliphatic heterocycles. The van der Waals surface area contributed by atoms with E-state index in [1.165, 1.54) is 0 Å². The summed E-state index contributed by atoms with van der Waals surface area (Å²) in [4.78, 5) is 43.9. The van der Waals surface area contributed by atoms with E-state index < -0.39 is 17.2 Å². The molecule has 2 heterocycles. The van der Waals surface area contributed by atoms with Gasteiger partial charge in [-0.25, -0.2) is 4.98 Å². The lowest BCUT2D eigenvalue weighted by Gasteiger charge is -2.25. The highest BCUT2D eigenvalue weighted by Gasteiger charge is 2.32. The van der Waals surface area contributed by atoms with Gasteiger partial charge < -0.3 is 10.3 Å². The van der Waals surface area contributed by atoms with Gasteiger partial charge >= 0.3 is 0 Å². The maximum Gasteiger partial charge on any atom is 0.234 e. The van der Waals surface area contributed by atoms with Crippen LogP contribution in [-0.2, 0) is 26.3 Å². The Balaban J connectivity index is 1.49. The molecule has 1 aromatic heterocycles. The molecule has 7 nitrogen and oxygen atoms in total. The Labute approximate surface area is 194 Å². The van der Waals surface area contributed by atoms with Crippen LogP contribution < -0.4 is 10.6 Å². The number of benzene rings is 2. The van der Waals surface area contributed by atoms with Gasteiger partial charge in [0, 0.05) is 28.6 Å². The molecule has 0 radical (unpaired) electrons. The number of H-pyrrole nitrogens is 1. The van der Waals surface area contributed by atoms with Crippen molar-refractivity contribution >= 4 is 52.0 Å². The van der Waals surface area contributed by atoms with Crippen LogP contribution in [0.15, 0.2) is 36.7 Å². The van der Waals surface area contributed by atoms with E-state index in [4.69, 9.17) is 23.2 Å². The number of amides is 3. The van der Waals surface area contributed by atoms with E-state index in [2.05, 4.69) is 20.6 Å². The Morgan fingerprint density at radius 1 is 1.19 bits per heavy atom. The zero-order valence-corrected chi connectivity index (χ0v) is 19.1. The largest absolute Gasteiger partial charge is 0.351 e. The van der Waals surface area contributed by atoms with Gasteiger partial charge in [-0.3, -0.25) is 19.7 Å². The highest BCUT2D eigenvalue weighted by atomic mass is 35.5. The second-order valence-electron chi connectivity index (χ2n) is 8.42. The van der Waals surface area contributed by atoms with E-state index in [1.54, 1.807) is 18.5 Å². The van der Waals surface area contributed by atoms with Gasteiger partial charge in [0.05, 0.1) is 28.7 Å². The third-order valence-electron chi connectivity index (χ3n) is 5.89. The number of carbonyl (C=O) groups excluding carboxylic acids is 3. The first kappa shape index (κ1) is 22.3. The zero-order valence-electron chi connectivity index (χ0n) is 17.6. The molecule has 1 unspecified atom stereocenters. The van der Waals surface area contributed by atoms with Crippen LogP contribution >= 0.6 is 23.2 Å². The maximum absolute atomic E-state index is 13.0. The Bertz CT molecular complexity index is 1210. The molecule has 0 spiro atoms. The fourth-order valence-electron chi connectivity index (χ4n) is 3.90. The first-order valence-corrected chi connectivity index (χ1v) is 11.0. The molecule has 2 aromatic carbocycles. The molecule has 4 rings (SSSR count). The van der Waals surface area contributed by atoms with Crippen LogP contribution in [0, 0.1) is 0 Å². The number of rotatable bonds is 5. The van der Waals surface area contributed by atoms with Crippen LogP contribution in [0.25, 0.3) is 11.0 Å². The normalized spacial score (nSPS) is 16.8. The van der Waals surface area contributed by atoms with Crippen molar-refractivity contribution < 1.29 is 14.4 Å². The number of imidazole rings is 1. The van der Waals surface area contributed by atoms with E-state index in [0.717, 1.165) is 16.6 Å². The summed E-state index contributed by atoms with van der Waals surface area (Å²) in [5.41, 5.74) is 3.00. The molecular formula is C23H22Cl2N4O3. The number of nitrogens with zero attached hydrogens (tertiary/aromatic N) is 1. The lowest BCUT2D eigenvalue weighted by atomic mass is 9.83. The van der Waals surface area contributed by atoms with Crippen LogP contribution in [0.1, 0.15) is 49.3 Å². The first-order valence-electron chi connectivity index (χ1n) is 10.2. The fraction of sp³-hybridized carbons (Fsp3) is 0.304. The molecule has 3 aromatic rings. The Morgan fingerprint density at radius 3 is 2.59 bits per heavy atom. The van der Waals surface area contributed by atoms with Crippen molar-refractivity contribution in [3.8, 4) is 0 Å². The highest BCUT2D eigenvalue weighted by Crippen LogP contribution is 2.37. The van der Waals surface area contributed by atoms with Crippen LogP contribution in [0.4, 0.5) is 0 Å². The summed E-state index contributed by atoms with van der Waals surface area (Å²) in [5.74, 6) is -1.43. The summed E-state index contributed by atoms with van der Waals surface area (Å²) in [6.07, 6.45) is 2.21. The number of aromatic nitrogens is 2. The number of halogens is 2.